The fourth-order valence-electron chi connectivity index (χ4n) is 7.60. The molecule has 0 radical (unpaired) electrons. The maximum absolute atomic E-state index is 14.2. The van der Waals surface area contributed by atoms with Gasteiger partial charge < -0.3 is 25.6 Å². The summed E-state index contributed by atoms with van der Waals surface area (Å²) in [6, 6.07) is 2.64. The Labute approximate surface area is 264 Å². The summed E-state index contributed by atoms with van der Waals surface area (Å²) >= 11 is 0. The topological polar surface area (TPSA) is 137 Å². The van der Waals surface area contributed by atoms with E-state index < -0.39 is 35.6 Å². The first-order valence-corrected chi connectivity index (χ1v) is 15.5. The number of piperazine rings is 1. The average molecular weight is 644 g/mol. The van der Waals surface area contributed by atoms with Crippen molar-refractivity contribution in [2.45, 2.75) is 75.9 Å². The van der Waals surface area contributed by atoms with Crippen molar-refractivity contribution in [1.29, 1.82) is 5.26 Å². The number of alkyl halides is 3. The van der Waals surface area contributed by atoms with Crippen LogP contribution in [0.3, 0.4) is 0 Å². The van der Waals surface area contributed by atoms with Crippen LogP contribution in [-0.4, -0.2) is 81.5 Å². The van der Waals surface area contributed by atoms with Gasteiger partial charge in [-0.3, -0.25) is 9.69 Å². The van der Waals surface area contributed by atoms with Crippen molar-refractivity contribution in [2.75, 3.05) is 55.2 Å². The summed E-state index contributed by atoms with van der Waals surface area (Å²) in [5, 5.41) is 12.9. The van der Waals surface area contributed by atoms with Crippen molar-refractivity contribution < 1.29 is 27.1 Å². The number of anilines is 3. The molecular weight excluding hydrogens is 606 g/mol. The van der Waals surface area contributed by atoms with Crippen molar-refractivity contribution >= 4 is 23.5 Å². The van der Waals surface area contributed by atoms with E-state index in [0.29, 0.717) is 29.6 Å². The molecule has 0 saturated carbocycles. The second-order valence-corrected chi connectivity index (χ2v) is 12.6. The van der Waals surface area contributed by atoms with Gasteiger partial charge in [-0.2, -0.15) is 23.4 Å². The van der Waals surface area contributed by atoms with Crippen LogP contribution >= 0.6 is 0 Å². The molecule has 3 fully saturated rings. The molecular formula is C31H37F4N9O2. The minimum absolute atomic E-state index is 0.00246. The number of amides is 1. The lowest BCUT2D eigenvalue weighted by atomic mass is 9.94. The number of carbonyl (C=O) groups excluding carboxylic acids is 1. The number of pyridine rings is 1. The molecule has 6 heterocycles. The highest BCUT2D eigenvalue weighted by Crippen LogP contribution is 2.42. The van der Waals surface area contributed by atoms with Crippen molar-refractivity contribution in [2.24, 2.45) is 0 Å². The zero-order valence-electron chi connectivity index (χ0n) is 25.7. The number of hydrogen-bond donors (Lipinski definition) is 2. The molecule has 2 atom stereocenters. The zero-order chi connectivity index (χ0) is 32.8. The molecule has 4 aliphatic rings. The van der Waals surface area contributed by atoms with Crippen LogP contribution in [0.25, 0.3) is 0 Å². The van der Waals surface area contributed by atoms with Gasteiger partial charge in [0.15, 0.2) is 5.83 Å². The second-order valence-electron chi connectivity index (χ2n) is 12.6. The van der Waals surface area contributed by atoms with E-state index in [-0.39, 0.29) is 61.7 Å². The number of halogens is 4. The first-order valence-electron chi connectivity index (χ1n) is 15.5. The molecule has 0 aliphatic carbocycles. The van der Waals surface area contributed by atoms with Gasteiger partial charge in [-0.15, -0.1) is 0 Å². The Bertz CT molecular complexity index is 1570. The number of nitriles is 1. The Morgan fingerprint density at radius 1 is 1.22 bits per heavy atom. The van der Waals surface area contributed by atoms with E-state index in [1.54, 1.807) is 0 Å². The number of carbonyl (C=O) groups is 1. The van der Waals surface area contributed by atoms with E-state index in [1.165, 1.54) is 17.9 Å². The van der Waals surface area contributed by atoms with E-state index in [0.717, 1.165) is 38.8 Å². The standard InChI is InChI=1S/C31H37F4N9O2/c1-18-13-24(37)40-26(25(18)31(33,34)35)23-14-22-21(16-46-23)27(42-11-12-44(28(45)19(2)32)20(15-42)5-8-36)41-29(39-22)38-17-30-6-3-9-43(30)10-4-7-30/h13,20,23H,2-7,9-12,14-17H2,1H3,(H2,37,40)(H,38,39,41)/t20-,23?/m0/s1. The van der Waals surface area contributed by atoms with Gasteiger partial charge in [0.05, 0.1) is 42.1 Å². The third-order valence-electron chi connectivity index (χ3n) is 9.72. The number of nitrogens with two attached hydrogens (primary N) is 1. The van der Waals surface area contributed by atoms with E-state index >= 15 is 0 Å². The lowest BCUT2D eigenvalue weighted by Crippen LogP contribution is -2.55. The van der Waals surface area contributed by atoms with Crippen LogP contribution in [-0.2, 0) is 28.7 Å². The van der Waals surface area contributed by atoms with Gasteiger partial charge in [0.25, 0.3) is 5.91 Å². The molecule has 246 valence electrons. The van der Waals surface area contributed by atoms with Crippen molar-refractivity contribution in [3.05, 3.63) is 46.6 Å². The van der Waals surface area contributed by atoms with E-state index in [4.69, 9.17) is 20.4 Å². The molecule has 1 amide bonds. The van der Waals surface area contributed by atoms with E-state index in [2.05, 4.69) is 27.8 Å². The quantitative estimate of drug-likeness (QED) is 0.336. The highest BCUT2D eigenvalue weighted by Gasteiger charge is 2.45. The van der Waals surface area contributed by atoms with Gasteiger partial charge in [-0.1, -0.05) is 6.58 Å². The molecule has 46 heavy (non-hydrogen) atoms. The predicted molar refractivity (Wildman–Crippen MR) is 161 cm³/mol. The monoisotopic (exact) mass is 643 g/mol. The molecule has 3 N–H and O–H groups in total. The minimum atomic E-state index is -4.67. The molecule has 6 rings (SSSR count). The van der Waals surface area contributed by atoms with Crippen LogP contribution in [0, 0.1) is 18.3 Å². The van der Waals surface area contributed by atoms with Crippen molar-refractivity contribution in [3.8, 4) is 6.07 Å². The number of nitrogens with zero attached hydrogens (tertiary/aromatic N) is 7. The number of aromatic nitrogens is 3. The van der Waals surface area contributed by atoms with Crippen LogP contribution in [0.15, 0.2) is 18.5 Å². The Balaban J connectivity index is 1.36. The smallest absolute Gasteiger partial charge is 0.384 e. The Kier molecular flexibility index (Phi) is 8.53. The number of ether oxygens (including phenoxy) is 1. The summed E-state index contributed by atoms with van der Waals surface area (Å²) in [5.74, 6) is -1.16. The van der Waals surface area contributed by atoms with Crippen molar-refractivity contribution in [3.63, 3.8) is 0 Å². The SMILES string of the molecule is C=C(F)C(=O)N1CCN(c2nc(NCC34CCCN3CCC4)nc3c2COC(c2nc(N)cc(C)c2C(F)(F)F)C3)C[C@@H]1CC#N. The first-order chi connectivity index (χ1) is 21.9. The number of aryl methyl sites for hydroxylation is 1. The summed E-state index contributed by atoms with van der Waals surface area (Å²) in [6.07, 6.45) is -1.43. The second kappa shape index (κ2) is 12.3. The van der Waals surface area contributed by atoms with Crippen LogP contribution < -0.4 is 16.0 Å². The van der Waals surface area contributed by atoms with E-state index in [1.807, 2.05) is 4.90 Å². The van der Waals surface area contributed by atoms with Crippen LogP contribution in [0.1, 0.15) is 66.3 Å². The largest absolute Gasteiger partial charge is 0.418 e. The number of rotatable bonds is 7. The molecule has 0 spiro atoms. The molecule has 4 aliphatic heterocycles. The average Bonchev–Trinajstić information content (AvgIpc) is 3.59. The predicted octanol–water partition coefficient (Wildman–Crippen LogP) is 4.05. The lowest BCUT2D eigenvalue weighted by molar-refractivity contribution is -0.140. The normalized spacial score (nSPS) is 22.7. The molecule has 1 unspecified atom stereocenters. The molecule has 0 bridgehead atoms. The van der Waals surface area contributed by atoms with Gasteiger partial charge in [0.2, 0.25) is 5.95 Å². The van der Waals surface area contributed by atoms with Crippen molar-refractivity contribution in [1.82, 2.24) is 24.8 Å². The highest BCUT2D eigenvalue weighted by atomic mass is 19.4. The third kappa shape index (κ3) is 5.95. The van der Waals surface area contributed by atoms with Gasteiger partial charge in [0.1, 0.15) is 17.7 Å². The lowest BCUT2D eigenvalue weighted by Gasteiger charge is -2.42. The Morgan fingerprint density at radius 3 is 2.63 bits per heavy atom. The zero-order valence-corrected chi connectivity index (χ0v) is 25.7. The molecule has 11 nitrogen and oxygen atoms in total. The number of nitrogen functional groups attached to an aromatic ring is 1. The first kappa shape index (κ1) is 31.9. The van der Waals surface area contributed by atoms with Gasteiger partial charge in [-0.05, 0) is 57.3 Å². The van der Waals surface area contributed by atoms with Crippen LogP contribution in [0.5, 0.6) is 0 Å². The fourth-order valence-corrected chi connectivity index (χ4v) is 7.60. The summed E-state index contributed by atoms with van der Waals surface area (Å²) in [5.41, 5.74) is 5.80. The summed E-state index contributed by atoms with van der Waals surface area (Å²) in [6.45, 7) is 7.67. The van der Waals surface area contributed by atoms with Gasteiger partial charge >= 0.3 is 6.18 Å². The van der Waals surface area contributed by atoms with Gasteiger partial charge in [0, 0.05) is 43.7 Å². The Hall–Kier alpha value is -4.03. The summed E-state index contributed by atoms with van der Waals surface area (Å²) in [4.78, 5) is 32.0. The van der Waals surface area contributed by atoms with E-state index in [9.17, 15) is 27.6 Å². The van der Waals surface area contributed by atoms with Gasteiger partial charge in [-0.25, -0.2) is 14.4 Å². The van der Waals surface area contributed by atoms with Crippen LogP contribution in [0.4, 0.5) is 35.1 Å². The number of fused-ring (bicyclic) bond motifs is 2. The maximum atomic E-state index is 14.2. The Morgan fingerprint density at radius 2 is 1.96 bits per heavy atom. The molecule has 2 aromatic heterocycles. The third-order valence-corrected chi connectivity index (χ3v) is 9.72. The van der Waals surface area contributed by atoms with Crippen LogP contribution in [0.2, 0.25) is 0 Å². The molecule has 0 aromatic carbocycles. The maximum Gasteiger partial charge on any atom is 0.418 e. The summed E-state index contributed by atoms with van der Waals surface area (Å²) < 4.78 is 62.4. The molecule has 3 saturated heterocycles. The summed E-state index contributed by atoms with van der Waals surface area (Å²) in [7, 11) is 0. The minimum Gasteiger partial charge on any atom is -0.384 e. The number of hydrogen-bond acceptors (Lipinski definition) is 10. The fraction of sp³-hybridized carbons (Fsp3) is 0.581. The highest BCUT2D eigenvalue weighted by molar-refractivity contribution is 5.91. The molecule has 15 heteroatoms. The molecule has 2 aromatic rings. The number of nitrogens with one attached hydrogen (secondary N) is 1.